The fourth-order valence-electron chi connectivity index (χ4n) is 1.42. The van der Waals surface area contributed by atoms with E-state index in [9.17, 15) is 14.4 Å². The van der Waals surface area contributed by atoms with E-state index in [1.54, 1.807) is 5.38 Å². The van der Waals surface area contributed by atoms with Gasteiger partial charge in [-0.25, -0.2) is 24.8 Å². The number of hydrogen-bond acceptors (Lipinski definition) is 5. The van der Waals surface area contributed by atoms with Crippen molar-refractivity contribution in [3.63, 3.8) is 0 Å². The highest BCUT2D eigenvalue weighted by atomic mass is 32.1. The van der Waals surface area contributed by atoms with E-state index in [1.165, 1.54) is 0 Å². The third-order valence-corrected chi connectivity index (χ3v) is 3.11. The molecule has 0 saturated heterocycles. The van der Waals surface area contributed by atoms with Gasteiger partial charge in [-0.1, -0.05) is 0 Å². The molecule has 2 aromatic heterocycles. The zero-order valence-corrected chi connectivity index (χ0v) is 9.99. The number of carboxylic acid groups (broad SMARTS) is 1. The van der Waals surface area contributed by atoms with Gasteiger partial charge in [0.25, 0.3) is 0 Å². The summed E-state index contributed by atoms with van der Waals surface area (Å²) in [4.78, 5) is 37.1. The highest BCUT2D eigenvalue weighted by molar-refractivity contribution is 7.12. The summed E-state index contributed by atoms with van der Waals surface area (Å²) >= 11 is 1.16. The quantitative estimate of drug-likeness (QED) is 0.689. The number of thiazole rings is 1. The summed E-state index contributed by atoms with van der Waals surface area (Å²) in [6, 6.07) is 0. The molecule has 0 aliphatic rings. The Morgan fingerprint density at radius 3 is 2.67 bits per heavy atom. The Balaban J connectivity index is 2.14. The maximum atomic E-state index is 11.3. The van der Waals surface area contributed by atoms with Gasteiger partial charge in [0.05, 0.1) is 5.69 Å². The van der Waals surface area contributed by atoms with Crippen molar-refractivity contribution in [3.8, 4) is 5.13 Å². The van der Waals surface area contributed by atoms with Gasteiger partial charge < -0.3 is 5.11 Å². The van der Waals surface area contributed by atoms with Crippen LogP contribution in [0.5, 0.6) is 0 Å². The number of carboxylic acids is 1. The largest absolute Gasteiger partial charge is 0.481 e. The van der Waals surface area contributed by atoms with Crippen LogP contribution >= 0.6 is 11.3 Å². The second-order valence-electron chi connectivity index (χ2n) is 3.56. The molecule has 2 aromatic rings. The van der Waals surface area contributed by atoms with Gasteiger partial charge in [0, 0.05) is 11.8 Å². The molecule has 0 unspecified atom stereocenters. The minimum absolute atomic E-state index is 0.0670. The van der Waals surface area contributed by atoms with Crippen LogP contribution in [0.1, 0.15) is 18.5 Å². The second-order valence-corrected chi connectivity index (χ2v) is 4.40. The van der Waals surface area contributed by atoms with E-state index in [4.69, 9.17) is 5.11 Å². The predicted octanol–water partition coefficient (Wildman–Crippen LogP) is -0.282. The van der Waals surface area contributed by atoms with Gasteiger partial charge in [0.15, 0.2) is 0 Å². The first-order valence-electron chi connectivity index (χ1n) is 5.14. The number of aryl methyl sites for hydroxylation is 1. The standard InChI is InChI=1S/C9H10N4O4S/c14-6(15)3-1-2-5-4-18-9(10-5)13-7(16)11-12-8(13)17/h4H,1-3H2,(H,11,16)(H,12,17)(H,14,15). The Hall–Kier alpha value is -2.16. The molecule has 0 atom stereocenters. The molecule has 0 saturated carbocycles. The number of nitrogens with zero attached hydrogens (tertiary/aromatic N) is 2. The lowest BCUT2D eigenvalue weighted by Crippen LogP contribution is -2.24. The molecule has 0 fully saturated rings. The minimum Gasteiger partial charge on any atom is -0.481 e. The Bertz CT molecular complexity index is 637. The number of H-pyrrole nitrogens is 2. The molecule has 0 spiro atoms. The van der Waals surface area contributed by atoms with Crippen molar-refractivity contribution >= 4 is 17.3 Å². The van der Waals surface area contributed by atoms with Crippen LogP contribution in [-0.2, 0) is 11.2 Å². The maximum Gasteiger partial charge on any atom is 0.350 e. The van der Waals surface area contributed by atoms with Gasteiger partial charge in [-0.3, -0.25) is 4.79 Å². The summed E-state index contributed by atoms with van der Waals surface area (Å²) in [7, 11) is 0. The number of aliphatic carboxylic acids is 1. The van der Waals surface area contributed by atoms with Crippen LogP contribution in [-0.4, -0.2) is 30.8 Å². The molecule has 0 aliphatic heterocycles. The van der Waals surface area contributed by atoms with Crippen LogP contribution in [0.3, 0.4) is 0 Å². The number of rotatable bonds is 5. The third-order valence-electron chi connectivity index (χ3n) is 2.24. The summed E-state index contributed by atoms with van der Waals surface area (Å²) in [5.74, 6) is -0.858. The number of aromatic amines is 2. The third kappa shape index (κ3) is 2.56. The SMILES string of the molecule is O=C(O)CCCc1csc(-n2c(=O)[nH][nH]c2=O)n1. The monoisotopic (exact) mass is 270 g/mol. The topological polar surface area (TPSA) is 121 Å². The Morgan fingerprint density at radius 2 is 2.06 bits per heavy atom. The molecule has 3 N–H and O–H groups in total. The average Bonchev–Trinajstić information content (AvgIpc) is 2.86. The first-order chi connectivity index (χ1) is 8.58. The fourth-order valence-corrected chi connectivity index (χ4v) is 2.27. The zero-order chi connectivity index (χ0) is 13.1. The highest BCUT2D eigenvalue weighted by Gasteiger charge is 2.10. The molecular formula is C9H10N4O4S. The van der Waals surface area contributed by atoms with Crippen molar-refractivity contribution in [3.05, 3.63) is 32.0 Å². The Morgan fingerprint density at radius 1 is 1.39 bits per heavy atom. The molecule has 8 nitrogen and oxygen atoms in total. The summed E-state index contributed by atoms with van der Waals surface area (Å²) in [6.45, 7) is 0. The van der Waals surface area contributed by atoms with Gasteiger partial charge >= 0.3 is 17.3 Å². The van der Waals surface area contributed by atoms with Crippen LogP contribution in [0.2, 0.25) is 0 Å². The van der Waals surface area contributed by atoms with E-state index in [0.717, 1.165) is 15.9 Å². The van der Waals surface area contributed by atoms with Crippen LogP contribution in [0, 0.1) is 0 Å². The van der Waals surface area contributed by atoms with Crippen LogP contribution in [0.25, 0.3) is 5.13 Å². The first kappa shape index (κ1) is 12.3. The van der Waals surface area contributed by atoms with Crippen molar-refractivity contribution in [1.29, 1.82) is 0 Å². The second kappa shape index (κ2) is 5.00. The molecule has 0 aromatic carbocycles. The van der Waals surface area contributed by atoms with Crippen molar-refractivity contribution < 1.29 is 9.90 Å². The molecule has 2 heterocycles. The van der Waals surface area contributed by atoms with Gasteiger partial charge in [0.1, 0.15) is 0 Å². The van der Waals surface area contributed by atoms with Crippen molar-refractivity contribution in [1.82, 2.24) is 19.7 Å². The van der Waals surface area contributed by atoms with E-state index in [1.807, 2.05) is 0 Å². The van der Waals surface area contributed by atoms with Crippen LogP contribution in [0.4, 0.5) is 0 Å². The molecule has 96 valence electrons. The van der Waals surface area contributed by atoms with Gasteiger partial charge in [-0.15, -0.1) is 11.3 Å². The smallest absolute Gasteiger partial charge is 0.350 e. The first-order valence-corrected chi connectivity index (χ1v) is 6.02. The maximum absolute atomic E-state index is 11.3. The molecule has 18 heavy (non-hydrogen) atoms. The lowest BCUT2D eigenvalue weighted by atomic mass is 10.2. The molecule has 0 bridgehead atoms. The summed E-state index contributed by atoms with van der Waals surface area (Å²) in [5, 5.41) is 14.8. The Labute approximate surface area is 104 Å². The predicted molar refractivity (Wildman–Crippen MR) is 63.3 cm³/mol. The summed E-state index contributed by atoms with van der Waals surface area (Å²) in [5.41, 5.74) is -0.485. The summed E-state index contributed by atoms with van der Waals surface area (Å²) < 4.78 is 0.894. The average molecular weight is 270 g/mol. The van der Waals surface area contributed by atoms with Crippen molar-refractivity contribution in [2.24, 2.45) is 0 Å². The van der Waals surface area contributed by atoms with Gasteiger partial charge in [-0.05, 0) is 12.8 Å². The fraction of sp³-hybridized carbons (Fsp3) is 0.333. The van der Waals surface area contributed by atoms with E-state index in [0.29, 0.717) is 18.5 Å². The zero-order valence-electron chi connectivity index (χ0n) is 9.17. The van der Waals surface area contributed by atoms with Crippen LogP contribution in [0.15, 0.2) is 15.0 Å². The molecule has 0 aliphatic carbocycles. The van der Waals surface area contributed by atoms with E-state index in [2.05, 4.69) is 15.2 Å². The number of carbonyl (C=O) groups is 1. The van der Waals surface area contributed by atoms with Crippen molar-refractivity contribution in [2.45, 2.75) is 19.3 Å². The van der Waals surface area contributed by atoms with E-state index >= 15 is 0 Å². The molecule has 0 amide bonds. The molecule has 0 radical (unpaired) electrons. The molecular weight excluding hydrogens is 260 g/mol. The number of nitrogens with one attached hydrogen (secondary N) is 2. The van der Waals surface area contributed by atoms with E-state index < -0.39 is 17.3 Å². The normalized spacial score (nSPS) is 10.7. The van der Waals surface area contributed by atoms with Crippen molar-refractivity contribution in [2.75, 3.05) is 0 Å². The summed E-state index contributed by atoms with van der Waals surface area (Å²) in [6.07, 6.45) is 1.04. The van der Waals surface area contributed by atoms with Gasteiger partial charge in [-0.2, -0.15) is 4.57 Å². The lowest BCUT2D eigenvalue weighted by molar-refractivity contribution is -0.137. The lowest BCUT2D eigenvalue weighted by Gasteiger charge is -1.93. The van der Waals surface area contributed by atoms with E-state index in [-0.39, 0.29) is 11.6 Å². The number of aromatic nitrogens is 4. The highest BCUT2D eigenvalue weighted by Crippen LogP contribution is 2.13. The molecule has 9 heteroatoms. The Kier molecular flexibility index (Phi) is 3.42. The van der Waals surface area contributed by atoms with Crippen LogP contribution < -0.4 is 11.4 Å². The van der Waals surface area contributed by atoms with Gasteiger partial charge in [0.2, 0.25) is 5.13 Å². The molecule has 2 rings (SSSR count). The minimum atomic E-state index is -0.858. The number of hydrogen-bond donors (Lipinski definition) is 3.